The molecule has 1 saturated heterocycles. The summed E-state index contributed by atoms with van der Waals surface area (Å²) in [5.74, 6) is 1.24. The van der Waals surface area contributed by atoms with E-state index in [2.05, 4.69) is 10.3 Å². The summed E-state index contributed by atoms with van der Waals surface area (Å²) in [4.78, 5) is 31.6. The first kappa shape index (κ1) is 22.2. The first-order valence-electron chi connectivity index (χ1n) is 11.3. The number of nitrogens with one attached hydrogen (secondary N) is 1. The average molecular weight is 476 g/mol. The summed E-state index contributed by atoms with van der Waals surface area (Å²) in [6.07, 6.45) is 4.70. The Balaban J connectivity index is 1.14. The van der Waals surface area contributed by atoms with Gasteiger partial charge in [0.2, 0.25) is 11.8 Å². The van der Waals surface area contributed by atoms with E-state index in [4.69, 9.17) is 9.47 Å². The van der Waals surface area contributed by atoms with Gasteiger partial charge in [-0.1, -0.05) is 30.3 Å². The zero-order valence-corrected chi connectivity index (χ0v) is 19.4. The van der Waals surface area contributed by atoms with E-state index in [-0.39, 0.29) is 17.7 Å². The molecule has 2 aromatic carbocycles. The Morgan fingerprint density at radius 1 is 1.03 bits per heavy atom. The smallest absolute Gasteiger partial charge is 0.246 e. The first-order chi connectivity index (χ1) is 16.7. The third-order valence-electron chi connectivity index (χ3n) is 5.97. The number of carbonyl (C=O) groups is 2. The second kappa shape index (κ2) is 10.1. The molecule has 0 aliphatic carbocycles. The molecule has 7 nitrogen and oxygen atoms in total. The summed E-state index contributed by atoms with van der Waals surface area (Å²) in [7, 11) is 0. The number of likely N-dealkylation sites (tertiary alicyclic amines) is 1. The van der Waals surface area contributed by atoms with Crippen LogP contribution in [0.4, 0.5) is 5.13 Å². The van der Waals surface area contributed by atoms with E-state index in [1.807, 2.05) is 60.0 Å². The highest BCUT2D eigenvalue weighted by Gasteiger charge is 2.27. The van der Waals surface area contributed by atoms with Gasteiger partial charge in [0.25, 0.3) is 0 Å². The summed E-state index contributed by atoms with van der Waals surface area (Å²) in [6, 6.07) is 15.5. The average Bonchev–Trinajstić information content (AvgIpc) is 3.36. The van der Waals surface area contributed by atoms with Gasteiger partial charge in [-0.15, -0.1) is 11.3 Å². The molecule has 174 valence electrons. The Labute approximate surface area is 202 Å². The maximum atomic E-state index is 12.8. The summed E-state index contributed by atoms with van der Waals surface area (Å²) in [5, 5.41) is 5.44. The van der Waals surface area contributed by atoms with Crippen LogP contribution in [0.1, 0.15) is 18.4 Å². The molecule has 5 rings (SSSR count). The van der Waals surface area contributed by atoms with E-state index in [1.54, 1.807) is 11.0 Å². The number of anilines is 1. The monoisotopic (exact) mass is 475 g/mol. The molecular weight excluding hydrogens is 450 g/mol. The van der Waals surface area contributed by atoms with Crippen molar-refractivity contribution < 1.29 is 19.1 Å². The molecule has 2 aliphatic heterocycles. The Hall–Kier alpha value is -3.65. The lowest BCUT2D eigenvalue weighted by molar-refractivity contribution is -0.130. The summed E-state index contributed by atoms with van der Waals surface area (Å²) in [5.41, 5.74) is 2.68. The number of fused-ring (bicyclic) bond motifs is 1. The lowest BCUT2D eigenvalue weighted by Gasteiger charge is -2.30. The third-order valence-corrected chi connectivity index (χ3v) is 6.73. The number of thiazole rings is 1. The van der Waals surface area contributed by atoms with Crippen LogP contribution in [-0.4, -0.2) is 48.0 Å². The molecule has 3 heterocycles. The Morgan fingerprint density at radius 3 is 2.59 bits per heavy atom. The summed E-state index contributed by atoms with van der Waals surface area (Å²) >= 11 is 1.40. The van der Waals surface area contributed by atoms with E-state index < -0.39 is 0 Å². The summed E-state index contributed by atoms with van der Waals surface area (Å²) in [6.45, 7) is 2.21. The van der Waals surface area contributed by atoms with Crippen molar-refractivity contribution in [2.24, 2.45) is 5.92 Å². The Bertz CT molecular complexity index is 1200. The predicted molar refractivity (Wildman–Crippen MR) is 132 cm³/mol. The number of carbonyl (C=O) groups excluding carboxylic acids is 2. The maximum Gasteiger partial charge on any atom is 0.246 e. The van der Waals surface area contributed by atoms with Crippen LogP contribution < -0.4 is 14.8 Å². The van der Waals surface area contributed by atoms with E-state index in [1.165, 1.54) is 11.3 Å². The fraction of sp³-hybridized carbons (Fsp3) is 0.269. The summed E-state index contributed by atoms with van der Waals surface area (Å²) < 4.78 is 11.2. The van der Waals surface area contributed by atoms with Gasteiger partial charge in [0.1, 0.15) is 13.2 Å². The number of ether oxygens (including phenoxy) is 2. The highest BCUT2D eigenvalue weighted by molar-refractivity contribution is 7.14. The van der Waals surface area contributed by atoms with Crippen LogP contribution >= 0.6 is 11.3 Å². The zero-order chi connectivity index (χ0) is 23.3. The molecule has 3 aromatic rings. The lowest BCUT2D eigenvalue weighted by atomic mass is 9.96. The highest BCUT2D eigenvalue weighted by Crippen LogP contribution is 2.35. The Morgan fingerprint density at radius 2 is 1.79 bits per heavy atom. The van der Waals surface area contributed by atoms with Crippen LogP contribution in [0.2, 0.25) is 0 Å². The van der Waals surface area contributed by atoms with E-state index in [0.717, 1.165) is 22.6 Å². The van der Waals surface area contributed by atoms with Gasteiger partial charge in [-0.3, -0.25) is 9.59 Å². The van der Waals surface area contributed by atoms with Crippen LogP contribution in [0.5, 0.6) is 11.5 Å². The molecule has 0 unspecified atom stereocenters. The number of piperidine rings is 1. The molecule has 34 heavy (non-hydrogen) atoms. The second-order valence-electron chi connectivity index (χ2n) is 8.23. The first-order valence-corrected chi connectivity index (χ1v) is 12.2. The van der Waals surface area contributed by atoms with Crippen LogP contribution in [0.25, 0.3) is 17.3 Å². The van der Waals surface area contributed by atoms with Crippen molar-refractivity contribution in [3.63, 3.8) is 0 Å². The van der Waals surface area contributed by atoms with Gasteiger partial charge in [0, 0.05) is 36.0 Å². The van der Waals surface area contributed by atoms with E-state index in [0.29, 0.717) is 50.0 Å². The number of rotatable bonds is 5. The highest BCUT2D eigenvalue weighted by atomic mass is 32.1. The van der Waals surface area contributed by atoms with Gasteiger partial charge in [-0.2, -0.15) is 0 Å². The van der Waals surface area contributed by atoms with Crippen molar-refractivity contribution >= 4 is 34.4 Å². The molecule has 0 radical (unpaired) electrons. The van der Waals surface area contributed by atoms with E-state index in [9.17, 15) is 9.59 Å². The fourth-order valence-electron chi connectivity index (χ4n) is 4.07. The maximum absolute atomic E-state index is 12.8. The van der Waals surface area contributed by atoms with E-state index >= 15 is 0 Å². The molecule has 0 saturated carbocycles. The quantitative estimate of drug-likeness (QED) is 0.551. The molecule has 0 spiro atoms. The SMILES string of the molecule is O=C(Nc1nc(-c2ccc3c(c2)OCCO3)cs1)C1CCN(C(=O)/C=C/c2ccccc2)CC1. The van der Waals surface area contributed by atoms with Gasteiger partial charge in [-0.05, 0) is 42.7 Å². The third kappa shape index (κ3) is 5.12. The van der Waals surface area contributed by atoms with Gasteiger partial charge in [-0.25, -0.2) is 4.98 Å². The van der Waals surface area contributed by atoms with Crippen molar-refractivity contribution in [1.29, 1.82) is 0 Å². The molecule has 2 aliphatic rings. The van der Waals surface area contributed by atoms with Crippen LogP contribution in [0.3, 0.4) is 0 Å². The standard InChI is InChI=1S/C26H25N3O4S/c30-24(9-6-18-4-2-1-3-5-18)29-12-10-19(11-13-29)25(31)28-26-27-21(17-34-26)20-7-8-22-23(16-20)33-15-14-32-22/h1-9,16-17,19H,10-15H2,(H,27,28,31)/b9-6+. The van der Waals surface area contributed by atoms with Crippen molar-refractivity contribution in [2.75, 3.05) is 31.6 Å². The molecule has 2 amide bonds. The Kier molecular flexibility index (Phi) is 6.58. The molecule has 1 aromatic heterocycles. The number of hydrogen-bond donors (Lipinski definition) is 1. The number of benzene rings is 2. The molecule has 1 fully saturated rings. The largest absolute Gasteiger partial charge is 0.486 e. The van der Waals surface area contributed by atoms with Gasteiger partial charge < -0.3 is 19.7 Å². The minimum Gasteiger partial charge on any atom is -0.486 e. The van der Waals surface area contributed by atoms with Gasteiger partial charge in [0.05, 0.1) is 5.69 Å². The van der Waals surface area contributed by atoms with Crippen molar-refractivity contribution in [1.82, 2.24) is 9.88 Å². The van der Waals surface area contributed by atoms with Gasteiger partial charge >= 0.3 is 0 Å². The van der Waals surface area contributed by atoms with Crippen LogP contribution in [0, 0.1) is 5.92 Å². The number of hydrogen-bond acceptors (Lipinski definition) is 6. The molecule has 0 atom stereocenters. The lowest BCUT2D eigenvalue weighted by Crippen LogP contribution is -2.40. The van der Waals surface area contributed by atoms with Gasteiger partial charge in [0.15, 0.2) is 16.6 Å². The van der Waals surface area contributed by atoms with Crippen molar-refractivity contribution in [3.05, 3.63) is 65.6 Å². The van der Waals surface area contributed by atoms with Crippen LogP contribution in [-0.2, 0) is 9.59 Å². The molecule has 0 bridgehead atoms. The number of amides is 2. The minimum absolute atomic E-state index is 0.0216. The van der Waals surface area contributed by atoms with Crippen molar-refractivity contribution in [2.45, 2.75) is 12.8 Å². The molecular formula is C26H25N3O4S. The number of nitrogens with zero attached hydrogens (tertiary/aromatic N) is 2. The van der Waals surface area contributed by atoms with Crippen molar-refractivity contribution in [3.8, 4) is 22.8 Å². The van der Waals surface area contributed by atoms with Crippen LogP contribution in [0.15, 0.2) is 60.0 Å². The predicted octanol–water partition coefficient (Wildman–Crippen LogP) is 4.47. The molecule has 1 N–H and O–H groups in total. The zero-order valence-electron chi connectivity index (χ0n) is 18.6. The topological polar surface area (TPSA) is 80.8 Å². The second-order valence-corrected chi connectivity index (χ2v) is 9.09. The fourth-order valence-corrected chi connectivity index (χ4v) is 4.80. The number of aromatic nitrogens is 1. The normalized spacial score (nSPS) is 15.9. The molecule has 8 heteroatoms. The minimum atomic E-state index is -0.135.